The van der Waals surface area contributed by atoms with Gasteiger partial charge in [-0.05, 0) is 52.3 Å². The van der Waals surface area contributed by atoms with Crippen LogP contribution in [0.3, 0.4) is 0 Å². The summed E-state index contributed by atoms with van der Waals surface area (Å²) in [4.78, 5) is 9.11. The van der Waals surface area contributed by atoms with Crippen molar-refractivity contribution in [2.24, 2.45) is 0 Å². The SMILES string of the molecule is CCC(F)C(CNC)Nc1nc(-c2c(C(C)(C)O)nc3cc(OC)c(C4CC4)nn23)ccc1F. The predicted molar refractivity (Wildman–Crippen MR) is 126 cm³/mol. The highest BCUT2D eigenvalue weighted by Crippen LogP contribution is 2.44. The molecule has 184 valence electrons. The summed E-state index contributed by atoms with van der Waals surface area (Å²) in [7, 11) is 3.30. The zero-order valence-electron chi connectivity index (χ0n) is 20.2. The quantitative estimate of drug-likeness (QED) is 0.411. The first kappa shape index (κ1) is 24.3. The van der Waals surface area contributed by atoms with Crippen LogP contribution in [0.5, 0.6) is 5.75 Å². The Morgan fingerprint density at radius 2 is 2.03 bits per heavy atom. The Labute approximate surface area is 197 Å². The Morgan fingerprint density at radius 1 is 1.29 bits per heavy atom. The van der Waals surface area contributed by atoms with Gasteiger partial charge < -0.3 is 20.5 Å². The normalized spacial score (nSPS) is 16.0. The van der Waals surface area contributed by atoms with Crippen LogP contribution in [0, 0.1) is 5.82 Å². The van der Waals surface area contributed by atoms with Crippen LogP contribution < -0.4 is 15.4 Å². The van der Waals surface area contributed by atoms with Crippen LogP contribution in [0.4, 0.5) is 14.6 Å². The molecule has 0 radical (unpaired) electrons. The van der Waals surface area contributed by atoms with Crippen molar-refractivity contribution in [2.45, 2.75) is 63.8 Å². The number of rotatable bonds is 10. The second-order valence-corrected chi connectivity index (χ2v) is 9.27. The van der Waals surface area contributed by atoms with Gasteiger partial charge in [-0.1, -0.05) is 6.92 Å². The fourth-order valence-electron chi connectivity index (χ4n) is 4.06. The molecule has 3 aromatic heterocycles. The third kappa shape index (κ3) is 4.69. The molecule has 1 aliphatic rings. The van der Waals surface area contributed by atoms with Gasteiger partial charge in [0.25, 0.3) is 0 Å². The highest BCUT2D eigenvalue weighted by molar-refractivity contribution is 5.67. The van der Waals surface area contributed by atoms with Gasteiger partial charge in [0.05, 0.1) is 18.8 Å². The molecule has 10 heteroatoms. The molecule has 3 aromatic rings. The lowest BCUT2D eigenvalue weighted by molar-refractivity contribution is 0.0750. The number of likely N-dealkylation sites (N-methyl/N-ethyl adjacent to an activating group) is 1. The minimum atomic E-state index is -1.32. The first-order chi connectivity index (χ1) is 16.2. The van der Waals surface area contributed by atoms with E-state index < -0.39 is 23.6 Å². The number of hydrogen-bond donors (Lipinski definition) is 3. The number of aromatic nitrogens is 4. The van der Waals surface area contributed by atoms with E-state index in [4.69, 9.17) is 9.84 Å². The lowest BCUT2D eigenvalue weighted by atomic mass is 10.0. The molecule has 3 heterocycles. The van der Waals surface area contributed by atoms with E-state index in [0.29, 0.717) is 40.9 Å². The number of ether oxygens (including phenoxy) is 1. The van der Waals surface area contributed by atoms with Crippen LogP contribution in [0.15, 0.2) is 18.2 Å². The fourth-order valence-corrected chi connectivity index (χ4v) is 4.06. The van der Waals surface area contributed by atoms with Gasteiger partial charge in [0.2, 0.25) is 0 Å². The van der Waals surface area contributed by atoms with E-state index in [1.165, 1.54) is 12.1 Å². The van der Waals surface area contributed by atoms with Crippen molar-refractivity contribution in [1.29, 1.82) is 0 Å². The number of halogens is 2. The molecule has 4 rings (SSSR count). The number of nitrogens with zero attached hydrogens (tertiary/aromatic N) is 4. The van der Waals surface area contributed by atoms with Crippen molar-refractivity contribution >= 4 is 11.5 Å². The average molecular weight is 475 g/mol. The molecule has 0 amide bonds. The van der Waals surface area contributed by atoms with Crippen LogP contribution in [0.1, 0.15) is 57.3 Å². The molecule has 0 aliphatic heterocycles. The van der Waals surface area contributed by atoms with Gasteiger partial charge >= 0.3 is 0 Å². The van der Waals surface area contributed by atoms with Gasteiger partial charge in [-0.2, -0.15) is 5.10 Å². The molecular weight excluding hydrogens is 442 g/mol. The summed E-state index contributed by atoms with van der Waals surface area (Å²) < 4.78 is 36.4. The van der Waals surface area contributed by atoms with Gasteiger partial charge in [0, 0.05) is 18.5 Å². The Bertz CT molecular complexity index is 1170. The van der Waals surface area contributed by atoms with Gasteiger partial charge in [-0.3, -0.25) is 0 Å². The minimum Gasteiger partial charge on any atom is -0.495 e. The van der Waals surface area contributed by atoms with Crippen LogP contribution >= 0.6 is 0 Å². The van der Waals surface area contributed by atoms with E-state index in [0.717, 1.165) is 18.5 Å². The minimum absolute atomic E-state index is 0.0681. The number of methoxy groups -OCH3 is 1. The van der Waals surface area contributed by atoms with E-state index in [1.54, 1.807) is 45.5 Å². The molecule has 0 bridgehead atoms. The zero-order valence-corrected chi connectivity index (χ0v) is 20.2. The van der Waals surface area contributed by atoms with Crippen LogP contribution in [-0.2, 0) is 5.60 Å². The second kappa shape index (κ2) is 9.42. The van der Waals surface area contributed by atoms with Crippen molar-refractivity contribution < 1.29 is 18.6 Å². The summed E-state index contributed by atoms with van der Waals surface area (Å²) in [6.07, 6.45) is 1.14. The first-order valence-corrected chi connectivity index (χ1v) is 11.6. The number of imidazole rings is 1. The summed E-state index contributed by atoms with van der Waals surface area (Å²) in [6.45, 7) is 5.29. The van der Waals surface area contributed by atoms with E-state index >= 15 is 0 Å². The molecule has 2 unspecified atom stereocenters. The summed E-state index contributed by atoms with van der Waals surface area (Å²) in [6, 6.07) is 3.92. The molecule has 3 N–H and O–H groups in total. The van der Waals surface area contributed by atoms with E-state index in [-0.39, 0.29) is 12.2 Å². The zero-order chi connectivity index (χ0) is 24.6. The largest absolute Gasteiger partial charge is 0.495 e. The summed E-state index contributed by atoms with van der Waals surface area (Å²) in [5, 5.41) is 21.5. The lowest BCUT2D eigenvalue weighted by Crippen LogP contribution is -2.39. The fraction of sp³-hybridized carbons (Fsp3) is 0.542. The van der Waals surface area contributed by atoms with E-state index in [1.807, 2.05) is 0 Å². The number of pyridine rings is 1. The Morgan fingerprint density at radius 3 is 2.62 bits per heavy atom. The summed E-state index contributed by atoms with van der Waals surface area (Å²) in [5.41, 5.74) is 1.14. The Kier molecular flexibility index (Phi) is 6.73. The van der Waals surface area contributed by atoms with Crippen molar-refractivity contribution in [3.63, 3.8) is 0 Å². The van der Waals surface area contributed by atoms with Gasteiger partial charge in [-0.25, -0.2) is 23.3 Å². The number of alkyl halides is 1. The standard InChI is InChI=1S/C24H32F2N6O2/c1-6-14(25)17(12-27-4)29-23-15(26)9-10-16(28-23)21-22(24(2,3)33)30-19-11-18(34-5)20(13-7-8-13)31-32(19)21/h9-11,13-14,17,27,33H,6-8,12H2,1-5H3,(H,28,29). The molecule has 34 heavy (non-hydrogen) atoms. The molecule has 0 aromatic carbocycles. The first-order valence-electron chi connectivity index (χ1n) is 11.6. The summed E-state index contributed by atoms with van der Waals surface area (Å²) in [5.74, 6) is 0.282. The van der Waals surface area contributed by atoms with Crippen molar-refractivity contribution in [3.8, 4) is 17.1 Å². The predicted octanol–water partition coefficient (Wildman–Crippen LogP) is 3.79. The maximum atomic E-state index is 14.7. The number of anilines is 1. The van der Waals surface area contributed by atoms with Crippen LogP contribution in [0.2, 0.25) is 0 Å². The average Bonchev–Trinajstić information content (AvgIpc) is 3.58. The van der Waals surface area contributed by atoms with Gasteiger partial charge in [-0.15, -0.1) is 0 Å². The molecule has 8 nitrogen and oxygen atoms in total. The van der Waals surface area contributed by atoms with E-state index in [2.05, 4.69) is 20.6 Å². The smallest absolute Gasteiger partial charge is 0.165 e. The second-order valence-electron chi connectivity index (χ2n) is 9.27. The maximum absolute atomic E-state index is 14.7. The van der Waals surface area contributed by atoms with Gasteiger partial charge in [0.15, 0.2) is 17.3 Å². The lowest BCUT2D eigenvalue weighted by Gasteiger charge is -2.23. The molecule has 2 atom stereocenters. The maximum Gasteiger partial charge on any atom is 0.165 e. The molecular formula is C24H32F2N6O2. The highest BCUT2D eigenvalue weighted by Gasteiger charge is 2.33. The number of fused-ring (bicyclic) bond motifs is 1. The van der Waals surface area contributed by atoms with Crippen molar-refractivity contribution in [2.75, 3.05) is 26.0 Å². The molecule has 1 fully saturated rings. The summed E-state index contributed by atoms with van der Waals surface area (Å²) >= 11 is 0. The monoisotopic (exact) mass is 474 g/mol. The van der Waals surface area contributed by atoms with E-state index in [9.17, 15) is 13.9 Å². The number of aliphatic hydroxyl groups is 1. The highest BCUT2D eigenvalue weighted by atomic mass is 19.1. The third-order valence-electron chi connectivity index (χ3n) is 6.02. The molecule has 0 spiro atoms. The molecule has 1 saturated carbocycles. The Hall–Kier alpha value is -2.85. The van der Waals surface area contributed by atoms with Crippen molar-refractivity contribution in [1.82, 2.24) is 24.9 Å². The number of nitrogens with one attached hydrogen (secondary N) is 2. The van der Waals surface area contributed by atoms with Crippen LogP contribution in [0.25, 0.3) is 17.0 Å². The molecule has 1 aliphatic carbocycles. The number of hydrogen-bond acceptors (Lipinski definition) is 7. The topological polar surface area (TPSA) is 96.6 Å². The van der Waals surface area contributed by atoms with Crippen LogP contribution in [-0.4, -0.2) is 57.6 Å². The molecule has 0 saturated heterocycles. The Balaban J connectivity index is 1.87. The van der Waals surface area contributed by atoms with Gasteiger partial charge in [0.1, 0.15) is 34.6 Å². The van der Waals surface area contributed by atoms with Crippen molar-refractivity contribution in [3.05, 3.63) is 35.4 Å². The third-order valence-corrected chi connectivity index (χ3v) is 6.02.